The molecule has 1 saturated heterocycles. The van der Waals surface area contributed by atoms with Gasteiger partial charge in [0.25, 0.3) is 0 Å². The Kier molecular flexibility index (Phi) is 4.16. The zero-order valence-electron chi connectivity index (χ0n) is 12.2. The van der Waals surface area contributed by atoms with Crippen molar-refractivity contribution in [1.29, 1.82) is 0 Å². The van der Waals surface area contributed by atoms with E-state index in [2.05, 4.69) is 16.1 Å². The smallest absolute Gasteiger partial charge is 0.317 e. The lowest BCUT2D eigenvalue weighted by molar-refractivity contribution is 0.146. The molecule has 4 heteroatoms. The van der Waals surface area contributed by atoms with Gasteiger partial charge in [-0.15, -0.1) is 6.42 Å². The van der Waals surface area contributed by atoms with Crippen LogP contribution in [0.5, 0.6) is 0 Å². The van der Waals surface area contributed by atoms with Crippen molar-refractivity contribution < 1.29 is 4.79 Å². The van der Waals surface area contributed by atoms with Crippen molar-refractivity contribution in [2.75, 3.05) is 39.3 Å². The molecule has 0 aromatic rings. The number of rotatable bonds is 5. The predicted molar refractivity (Wildman–Crippen MR) is 79.2 cm³/mol. The molecule has 0 aromatic carbocycles. The molecule has 0 unspecified atom stereocenters. The fourth-order valence-corrected chi connectivity index (χ4v) is 3.32. The summed E-state index contributed by atoms with van der Waals surface area (Å²) in [5.41, 5.74) is 0. The number of amides is 2. The van der Waals surface area contributed by atoms with E-state index in [4.69, 9.17) is 6.42 Å². The molecule has 2 amide bonds. The van der Waals surface area contributed by atoms with Crippen molar-refractivity contribution in [3.63, 3.8) is 0 Å². The Balaban J connectivity index is 1.39. The number of hydrogen-bond acceptors (Lipinski definition) is 2. The maximum Gasteiger partial charge on any atom is 0.317 e. The van der Waals surface area contributed by atoms with Crippen LogP contribution in [0, 0.1) is 30.1 Å². The second kappa shape index (κ2) is 6.05. The van der Waals surface area contributed by atoms with Crippen LogP contribution in [-0.2, 0) is 0 Å². The zero-order valence-corrected chi connectivity index (χ0v) is 12.2. The van der Waals surface area contributed by atoms with Crippen LogP contribution in [-0.4, -0.2) is 55.1 Å². The van der Waals surface area contributed by atoms with Gasteiger partial charge in [0.05, 0.1) is 6.54 Å². The van der Waals surface area contributed by atoms with Gasteiger partial charge in [0.2, 0.25) is 0 Å². The van der Waals surface area contributed by atoms with Crippen LogP contribution in [0.15, 0.2) is 0 Å². The second-order valence-corrected chi connectivity index (χ2v) is 6.49. The first-order chi connectivity index (χ1) is 9.78. The molecule has 110 valence electrons. The third-order valence-corrected chi connectivity index (χ3v) is 4.92. The average molecular weight is 275 g/mol. The summed E-state index contributed by atoms with van der Waals surface area (Å²) in [6.45, 7) is 4.97. The fourth-order valence-electron chi connectivity index (χ4n) is 3.32. The quantitative estimate of drug-likeness (QED) is 0.770. The third-order valence-electron chi connectivity index (χ3n) is 4.92. The Labute approximate surface area is 121 Å². The van der Waals surface area contributed by atoms with Crippen LogP contribution in [0.3, 0.4) is 0 Å². The molecule has 1 heterocycles. The molecule has 1 N–H and O–H groups in total. The van der Waals surface area contributed by atoms with Gasteiger partial charge in [-0.2, -0.15) is 0 Å². The van der Waals surface area contributed by atoms with Gasteiger partial charge in [-0.05, 0) is 43.4 Å². The fraction of sp³-hybridized carbons (Fsp3) is 0.812. The predicted octanol–water partition coefficient (Wildman–Crippen LogP) is 1.38. The third kappa shape index (κ3) is 3.46. The highest BCUT2D eigenvalue weighted by Crippen LogP contribution is 2.48. The molecular weight excluding hydrogens is 250 g/mol. The summed E-state index contributed by atoms with van der Waals surface area (Å²) >= 11 is 0. The van der Waals surface area contributed by atoms with E-state index in [0.717, 1.165) is 50.5 Å². The minimum absolute atomic E-state index is 0.122. The number of urea groups is 1. The van der Waals surface area contributed by atoms with Crippen molar-refractivity contribution >= 4 is 6.03 Å². The molecule has 4 nitrogen and oxygen atoms in total. The highest BCUT2D eigenvalue weighted by atomic mass is 16.2. The Morgan fingerprint density at radius 2 is 1.75 bits per heavy atom. The number of hydrogen-bond donors (Lipinski definition) is 1. The van der Waals surface area contributed by atoms with Crippen molar-refractivity contribution in [1.82, 2.24) is 15.1 Å². The summed E-state index contributed by atoms with van der Waals surface area (Å²) in [5, 5.41) is 3.17. The monoisotopic (exact) mass is 275 g/mol. The minimum Gasteiger partial charge on any atom is -0.338 e. The number of piperazine rings is 1. The van der Waals surface area contributed by atoms with E-state index in [-0.39, 0.29) is 6.03 Å². The van der Waals surface area contributed by atoms with Gasteiger partial charge in [-0.3, -0.25) is 4.90 Å². The SMILES string of the molecule is C#CCN1CCN(C(=O)NCC(C2CC2)C2CC2)CC1. The molecule has 0 radical (unpaired) electrons. The number of nitrogens with zero attached hydrogens (tertiary/aromatic N) is 2. The maximum absolute atomic E-state index is 12.2. The molecule has 3 aliphatic rings. The number of nitrogens with one attached hydrogen (secondary N) is 1. The Morgan fingerprint density at radius 3 is 2.25 bits per heavy atom. The Bertz CT molecular complexity index is 375. The summed E-state index contributed by atoms with van der Waals surface area (Å²) < 4.78 is 0. The van der Waals surface area contributed by atoms with E-state index in [1.54, 1.807) is 0 Å². The van der Waals surface area contributed by atoms with E-state index in [1.165, 1.54) is 25.7 Å². The van der Waals surface area contributed by atoms with Crippen molar-refractivity contribution in [2.24, 2.45) is 17.8 Å². The summed E-state index contributed by atoms with van der Waals surface area (Å²) in [6, 6.07) is 0.122. The van der Waals surface area contributed by atoms with Crippen LogP contribution in [0.25, 0.3) is 0 Å². The van der Waals surface area contributed by atoms with Gasteiger partial charge >= 0.3 is 6.03 Å². The first-order valence-electron chi connectivity index (χ1n) is 7.96. The van der Waals surface area contributed by atoms with Gasteiger partial charge in [-0.25, -0.2) is 4.79 Å². The number of terminal acetylenes is 1. The molecular formula is C16H25N3O. The van der Waals surface area contributed by atoms with Gasteiger partial charge < -0.3 is 10.2 Å². The highest BCUT2D eigenvalue weighted by Gasteiger charge is 2.41. The van der Waals surface area contributed by atoms with Gasteiger partial charge in [0.1, 0.15) is 0 Å². The molecule has 2 aliphatic carbocycles. The highest BCUT2D eigenvalue weighted by molar-refractivity contribution is 5.74. The number of carbonyl (C=O) groups excluding carboxylic acids is 1. The molecule has 2 saturated carbocycles. The second-order valence-electron chi connectivity index (χ2n) is 6.49. The normalized spacial score (nSPS) is 23.7. The van der Waals surface area contributed by atoms with Gasteiger partial charge in [0, 0.05) is 32.7 Å². The topological polar surface area (TPSA) is 35.6 Å². The van der Waals surface area contributed by atoms with Gasteiger partial charge in [-0.1, -0.05) is 5.92 Å². The van der Waals surface area contributed by atoms with E-state index in [0.29, 0.717) is 6.54 Å². The minimum atomic E-state index is 0.122. The number of carbonyl (C=O) groups is 1. The molecule has 0 bridgehead atoms. The first-order valence-corrected chi connectivity index (χ1v) is 7.96. The van der Waals surface area contributed by atoms with E-state index >= 15 is 0 Å². The summed E-state index contributed by atoms with van der Waals surface area (Å²) in [7, 11) is 0. The van der Waals surface area contributed by atoms with E-state index in [9.17, 15) is 4.79 Å². The first kappa shape index (κ1) is 13.8. The van der Waals surface area contributed by atoms with Crippen LogP contribution in [0.1, 0.15) is 25.7 Å². The lowest BCUT2D eigenvalue weighted by Gasteiger charge is -2.34. The Hall–Kier alpha value is -1.21. The Morgan fingerprint density at radius 1 is 1.15 bits per heavy atom. The van der Waals surface area contributed by atoms with Crippen LogP contribution in [0.2, 0.25) is 0 Å². The molecule has 1 aliphatic heterocycles. The van der Waals surface area contributed by atoms with Crippen LogP contribution in [0.4, 0.5) is 4.79 Å². The van der Waals surface area contributed by atoms with Crippen LogP contribution < -0.4 is 5.32 Å². The van der Waals surface area contributed by atoms with Crippen molar-refractivity contribution in [2.45, 2.75) is 25.7 Å². The summed E-state index contributed by atoms with van der Waals surface area (Å²) in [5.74, 6) is 5.22. The van der Waals surface area contributed by atoms with E-state index in [1.807, 2.05) is 4.90 Å². The lowest BCUT2D eigenvalue weighted by Crippen LogP contribution is -2.52. The molecule has 0 spiro atoms. The average Bonchev–Trinajstić information content (AvgIpc) is 3.34. The standard InChI is InChI=1S/C16H25N3O/c1-2-7-18-8-10-19(11-9-18)16(20)17-12-15(13-3-4-13)14-5-6-14/h1,13-15H,3-12H2,(H,17,20). The van der Waals surface area contributed by atoms with E-state index < -0.39 is 0 Å². The largest absolute Gasteiger partial charge is 0.338 e. The summed E-state index contributed by atoms with van der Waals surface area (Å²) in [4.78, 5) is 16.4. The molecule has 3 rings (SSSR count). The molecule has 0 aromatic heterocycles. The van der Waals surface area contributed by atoms with Crippen molar-refractivity contribution in [3.8, 4) is 12.3 Å². The van der Waals surface area contributed by atoms with Gasteiger partial charge in [0.15, 0.2) is 0 Å². The lowest BCUT2D eigenvalue weighted by atomic mass is 9.98. The molecule has 20 heavy (non-hydrogen) atoms. The zero-order chi connectivity index (χ0) is 13.9. The molecule has 3 fully saturated rings. The molecule has 0 atom stereocenters. The van der Waals surface area contributed by atoms with Crippen LogP contribution >= 0.6 is 0 Å². The summed E-state index contributed by atoms with van der Waals surface area (Å²) in [6.07, 6.45) is 10.8. The van der Waals surface area contributed by atoms with Crippen molar-refractivity contribution in [3.05, 3.63) is 0 Å². The maximum atomic E-state index is 12.2.